The van der Waals surface area contributed by atoms with E-state index in [1.54, 1.807) is 12.3 Å². The number of rotatable bonds is 4. The fraction of sp³-hybridized carbons (Fsp3) is 0.500. The first-order valence-electron chi connectivity index (χ1n) is 6.79. The number of aryl methyl sites for hydroxylation is 1. The molecule has 19 heavy (non-hydrogen) atoms. The number of fused-ring (bicyclic) bond motifs is 1. The van der Waals surface area contributed by atoms with Gasteiger partial charge in [-0.15, -0.1) is 0 Å². The van der Waals surface area contributed by atoms with Crippen LogP contribution in [0.3, 0.4) is 0 Å². The van der Waals surface area contributed by atoms with Gasteiger partial charge in [-0.05, 0) is 25.9 Å². The van der Waals surface area contributed by atoms with Crippen molar-refractivity contribution in [2.24, 2.45) is 7.05 Å². The van der Waals surface area contributed by atoms with Gasteiger partial charge in [0.05, 0.1) is 11.8 Å². The van der Waals surface area contributed by atoms with Crippen molar-refractivity contribution in [1.82, 2.24) is 14.8 Å². The molecular weight excluding hydrogens is 242 g/mol. The second-order valence-electron chi connectivity index (χ2n) is 5.06. The zero-order valence-electron chi connectivity index (χ0n) is 11.2. The molecule has 5 heteroatoms. The number of carbonyl (C=O) groups is 1. The largest absolute Gasteiger partial charge is 0.463 e. The molecule has 1 aliphatic heterocycles. The highest BCUT2D eigenvalue weighted by Gasteiger charge is 2.15. The number of likely N-dealkylation sites (tertiary alicyclic amines) is 1. The third-order valence-corrected chi connectivity index (χ3v) is 3.81. The van der Waals surface area contributed by atoms with Gasteiger partial charge in [0.25, 0.3) is 5.91 Å². The number of nitrogens with zero attached hydrogens (tertiary/aromatic N) is 2. The number of hydrogen-bond acceptors (Lipinski definition) is 3. The average Bonchev–Trinajstić information content (AvgIpc) is 3.09. The van der Waals surface area contributed by atoms with Gasteiger partial charge in [-0.2, -0.15) is 0 Å². The highest BCUT2D eigenvalue weighted by atomic mass is 16.3. The van der Waals surface area contributed by atoms with E-state index in [-0.39, 0.29) is 5.91 Å². The molecular formula is C14H19N3O2. The van der Waals surface area contributed by atoms with Crippen molar-refractivity contribution < 1.29 is 9.21 Å². The van der Waals surface area contributed by atoms with E-state index in [2.05, 4.69) is 10.2 Å². The van der Waals surface area contributed by atoms with E-state index in [0.29, 0.717) is 12.2 Å². The van der Waals surface area contributed by atoms with Crippen LogP contribution in [0.25, 0.3) is 11.1 Å². The van der Waals surface area contributed by atoms with Crippen molar-refractivity contribution in [2.45, 2.75) is 12.8 Å². The van der Waals surface area contributed by atoms with E-state index >= 15 is 0 Å². The Kier molecular flexibility index (Phi) is 3.29. The second-order valence-corrected chi connectivity index (χ2v) is 5.06. The van der Waals surface area contributed by atoms with Crippen LogP contribution >= 0.6 is 0 Å². The Morgan fingerprint density at radius 3 is 2.95 bits per heavy atom. The quantitative estimate of drug-likeness (QED) is 0.909. The predicted octanol–water partition coefficient (Wildman–Crippen LogP) is 1.60. The molecule has 102 valence electrons. The van der Waals surface area contributed by atoms with Crippen molar-refractivity contribution >= 4 is 17.0 Å². The molecule has 0 unspecified atom stereocenters. The van der Waals surface area contributed by atoms with E-state index in [4.69, 9.17) is 4.42 Å². The summed E-state index contributed by atoms with van der Waals surface area (Å²) in [5.74, 6) is -0.0342. The van der Waals surface area contributed by atoms with Crippen LogP contribution in [0.1, 0.15) is 23.3 Å². The zero-order valence-corrected chi connectivity index (χ0v) is 11.2. The smallest absolute Gasteiger partial charge is 0.268 e. The van der Waals surface area contributed by atoms with Gasteiger partial charge in [0.2, 0.25) is 0 Å². The fourth-order valence-electron chi connectivity index (χ4n) is 2.69. The highest BCUT2D eigenvalue weighted by molar-refractivity contribution is 5.97. The average molecular weight is 261 g/mol. The Balaban J connectivity index is 1.60. The minimum absolute atomic E-state index is 0.0342. The Morgan fingerprint density at radius 1 is 1.42 bits per heavy atom. The van der Waals surface area contributed by atoms with Gasteiger partial charge in [0.1, 0.15) is 5.69 Å². The van der Waals surface area contributed by atoms with E-state index in [0.717, 1.165) is 30.7 Å². The number of carbonyl (C=O) groups excluding carboxylic acids is 1. The van der Waals surface area contributed by atoms with Crippen LogP contribution < -0.4 is 5.32 Å². The SMILES string of the molecule is Cn1c(C(=O)NCCN2CCCC2)cc2occc21. The molecule has 0 aliphatic carbocycles. The van der Waals surface area contributed by atoms with Crippen molar-refractivity contribution in [3.63, 3.8) is 0 Å². The summed E-state index contributed by atoms with van der Waals surface area (Å²) in [6.07, 6.45) is 4.20. The number of furan rings is 1. The molecule has 0 bridgehead atoms. The van der Waals surface area contributed by atoms with E-state index in [1.165, 1.54) is 12.8 Å². The van der Waals surface area contributed by atoms with Gasteiger partial charge in [-0.1, -0.05) is 0 Å². The van der Waals surface area contributed by atoms with Crippen LogP contribution in [-0.4, -0.2) is 41.6 Å². The number of aromatic nitrogens is 1. The first-order valence-corrected chi connectivity index (χ1v) is 6.79. The maximum absolute atomic E-state index is 12.1. The number of hydrogen-bond donors (Lipinski definition) is 1. The van der Waals surface area contributed by atoms with Crippen molar-refractivity contribution in [1.29, 1.82) is 0 Å². The standard InChI is InChI=1S/C14H19N3O2/c1-16-11-4-9-19-13(11)10-12(16)14(18)15-5-8-17-6-2-3-7-17/h4,9-10H,2-3,5-8H2,1H3,(H,15,18). The van der Waals surface area contributed by atoms with E-state index in [9.17, 15) is 4.79 Å². The van der Waals surface area contributed by atoms with Crippen LogP contribution in [0, 0.1) is 0 Å². The molecule has 2 aromatic rings. The van der Waals surface area contributed by atoms with Crippen LogP contribution in [0.5, 0.6) is 0 Å². The molecule has 3 heterocycles. The predicted molar refractivity (Wildman–Crippen MR) is 73.2 cm³/mol. The van der Waals surface area contributed by atoms with Crippen LogP contribution in [0.4, 0.5) is 0 Å². The van der Waals surface area contributed by atoms with Crippen LogP contribution in [-0.2, 0) is 7.05 Å². The molecule has 0 aromatic carbocycles. The van der Waals surface area contributed by atoms with Gasteiger partial charge in [0.15, 0.2) is 5.58 Å². The van der Waals surface area contributed by atoms with Crippen molar-refractivity contribution in [3.8, 4) is 0 Å². The minimum Gasteiger partial charge on any atom is -0.463 e. The summed E-state index contributed by atoms with van der Waals surface area (Å²) in [5.41, 5.74) is 2.35. The van der Waals surface area contributed by atoms with Gasteiger partial charge in [0, 0.05) is 32.3 Å². The summed E-state index contributed by atoms with van der Waals surface area (Å²) in [6, 6.07) is 3.66. The van der Waals surface area contributed by atoms with Gasteiger partial charge >= 0.3 is 0 Å². The first-order chi connectivity index (χ1) is 9.25. The molecule has 1 fully saturated rings. The molecule has 5 nitrogen and oxygen atoms in total. The Bertz CT molecular complexity index is 579. The summed E-state index contributed by atoms with van der Waals surface area (Å²) in [4.78, 5) is 14.5. The summed E-state index contributed by atoms with van der Waals surface area (Å²) < 4.78 is 7.17. The summed E-state index contributed by atoms with van der Waals surface area (Å²) in [5, 5.41) is 2.97. The van der Waals surface area contributed by atoms with Gasteiger partial charge in [-0.3, -0.25) is 4.79 Å². The molecule has 3 rings (SSSR count). The molecule has 0 spiro atoms. The van der Waals surface area contributed by atoms with Crippen LogP contribution in [0.15, 0.2) is 22.8 Å². The molecule has 1 aliphatic rings. The van der Waals surface area contributed by atoms with Crippen LogP contribution in [0.2, 0.25) is 0 Å². The van der Waals surface area contributed by atoms with Crippen molar-refractivity contribution in [3.05, 3.63) is 24.1 Å². The maximum atomic E-state index is 12.1. The Morgan fingerprint density at radius 2 is 2.21 bits per heavy atom. The first kappa shape index (κ1) is 12.3. The highest BCUT2D eigenvalue weighted by Crippen LogP contribution is 2.19. The zero-order chi connectivity index (χ0) is 13.2. The lowest BCUT2D eigenvalue weighted by atomic mass is 10.4. The lowest BCUT2D eigenvalue weighted by Gasteiger charge is -2.14. The van der Waals surface area contributed by atoms with E-state index < -0.39 is 0 Å². The third kappa shape index (κ3) is 2.38. The van der Waals surface area contributed by atoms with Gasteiger partial charge < -0.3 is 19.2 Å². The minimum atomic E-state index is -0.0342. The summed E-state index contributed by atoms with van der Waals surface area (Å²) in [7, 11) is 1.88. The topological polar surface area (TPSA) is 50.4 Å². The maximum Gasteiger partial charge on any atom is 0.268 e. The number of nitrogens with one attached hydrogen (secondary N) is 1. The van der Waals surface area contributed by atoms with E-state index in [1.807, 2.05) is 17.7 Å². The summed E-state index contributed by atoms with van der Waals surface area (Å²) >= 11 is 0. The van der Waals surface area contributed by atoms with Crippen molar-refractivity contribution in [2.75, 3.05) is 26.2 Å². The normalized spacial score (nSPS) is 16.3. The molecule has 1 N–H and O–H groups in total. The summed E-state index contributed by atoms with van der Waals surface area (Å²) in [6.45, 7) is 3.96. The number of amides is 1. The molecule has 0 radical (unpaired) electrons. The molecule has 2 aromatic heterocycles. The fourth-order valence-corrected chi connectivity index (χ4v) is 2.69. The Hall–Kier alpha value is -1.75. The van der Waals surface area contributed by atoms with Gasteiger partial charge in [-0.25, -0.2) is 0 Å². The second kappa shape index (κ2) is 5.09. The Labute approximate surface area is 112 Å². The monoisotopic (exact) mass is 261 g/mol. The molecule has 1 amide bonds. The lowest BCUT2D eigenvalue weighted by molar-refractivity contribution is 0.0942. The molecule has 0 atom stereocenters. The molecule has 1 saturated heterocycles. The third-order valence-electron chi connectivity index (χ3n) is 3.81. The molecule has 0 saturated carbocycles. The lowest BCUT2D eigenvalue weighted by Crippen LogP contribution is -2.34.